The average Bonchev–Trinajstić information content (AvgIpc) is 2.54. The van der Waals surface area contributed by atoms with Crippen LogP contribution in [0.3, 0.4) is 0 Å². The number of hydrogen-bond acceptors (Lipinski definition) is 6. The number of anilines is 2. The first-order chi connectivity index (χ1) is 11.5. The fraction of sp³-hybridized carbons (Fsp3) is 0.375. The zero-order valence-electron chi connectivity index (χ0n) is 13.6. The van der Waals surface area contributed by atoms with E-state index in [0.717, 1.165) is 49.1 Å². The molecule has 1 aromatic carbocycles. The summed E-state index contributed by atoms with van der Waals surface area (Å²) in [6.07, 6.45) is 1.77. The molecule has 126 valence electrons. The Morgan fingerprint density at radius 2 is 1.83 bits per heavy atom. The maximum atomic E-state index is 10.9. The summed E-state index contributed by atoms with van der Waals surface area (Å²) in [4.78, 5) is 23.5. The Morgan fingerprint density at radius 3 is 2.42 bits per heavy atom. The van der Waals surface area contributed by atoms with E-state index in [9.17, 15) is 10.1 Å². The van der Waals surface area contributed by atoms with Crippen LogP contribution in [0.25, 0.3) is 0 Å². The van der Waals surface area contributed by atoms with Gasteiger partial charge in [0.25, 0.3) is 5.69 Å². The smallest absolute Gasteiger partial charge is 0.271 e. The highest BCUT2D eigenvalue weighted by atomic mass is 35.5. The molecule has 7 nitrogen and oxygen atoms in total. The maximum absolute atomic E-state index is 10.9. The predicted octanol–water partition coefficient (Wildman–Crippen LogP) is 2.98. The van der Waals surface area contributed by atoms with Gasteiger partial charge in [0.15, 0.2) is 0 Å². The molecule has 0 N–H and O–H groups in total. The lowest BCUT2D eigenvalue weighted by Gasteiger charge is -2.37. The molecular formula is C16H18ClN5O2. The van der Waals surface area contributed by atoms with Crippen molar-refractivity contribution in [1.82, 2.24) is 9.97 Å². The van der Waals surface area contributed by atoms with Gasteiger partial charge in [-0.05, 0) is 25.5 Å². The molecule has 0 unspecified atom stereocenters. The molecule has 24 heavy (non-hydrogen) atoms. The number of nitro groups is 1. The van der Waals surface area contributed by atoms with E-state index in [1.807, 2.05) is 19.9 Å². The van der Waals surface area contributed by atoms with Crippen molar-refractivity contribution < 1.29 is 4.92 Å². The van der Waals surface area contributed by atoms with Crippen LogP contribution in [0.15, 0.2) is 24.4 Å². The monoisotopic (exact) mass is 347 g/mol. The second-order valence-corrected chi connectivity index (χ2v) is 6.19. The summed E-state index contributed by atoms with van der Waals surface area (Å²) >= 11 is 6.31. The van der Waals surface area contributed by atoms with Gasteiger partial charge in [-0.15, -0.1) is 0 Å². The molecule has 0 amide bonds. The fourth-order valence-electron chi connectivity index (χ4n) is 3.00. The third-order valence-electron chi connectivity index (χ3n) is 4.13. The maximum Gasteiger partial charge on any atom is 0.271 e. The van der Waals surface area contributed by atoms with E-state index < -0.39 is 4.92 Å². The number of halogens is 1. The molecule has 0 bridgehead atoms. The van der Waals surface area contributed by atoms with Crippen molar-refractivity contribution in [2.75, 3.05) is 36.0 Å². The summed E-state index contributed by atoms with van der Waals surface area (Å²) in [6.45, 7) is 6.91. The zero-order valence-corrected chi connectivity index (χ0v) is 14.3. The lowest BCUT2D eigenvalue weighted by molar-refractivity contribution is -0.384. The second kappa shape index (κ2) is 6.60. The zero-order chi connectivity index (χ0) is 17.3. The van der Waals surface area contributed by atoms with Gasteiger partial charge in [0.05, 0.1) is 15.6 Å². The van der Waals surface area contributed by atoms with Gasteiger partial charge in [-0.1, -0.05) is 11.6 Å². The highest BCUT2D eigenvalue weighted by Gasteiger charge is 2.23. The minimum atomic E-state index is -0.419. The largest absolute Gasteiger partial charge is 0.367 e. The highest BCUT2D eigenvalue weighted by molar-refractivity contribution is 6.33. The van der Waals surface area contributed by atoms with E-state index in [4.69, 9.17) is 11.6 Å². The Hall–Kier alpha value is -2.41. The van der Waals surface area contributed by atoms with Crippen LogP contribution in [0, 0.1) is 24.0 Å². The molecule has 1 aromatic heterocycles. The molecule has 0 spiro atoms. The van der Waals surface area contributed by atoms with Crippen molar-refractivity contribution in [3.8, 4) is 0 Å². The van der Waals surface area contributed by atoms with Gasteiger partial charge in [0.1, 0.15) is 11.6 Å². The number of rotatable bonds is 3. The van der Waals surface area contributed by atoms with E-state index in [1.165, 1.54) is 6.07 Å². The quantitative estimate of drug-likeness (QED) is 0.627. The summed E-state index contributed by atoms with van der Waals surface area (Å²) in [5.41, 5.74) is 1.72. The lowest BCUT2D eigenvalue weighted by atomic mass is 10.1. The minimum Gasteiger partial charge on any atom is -0.367 e. The Balaban J connectivity index is 1.76. The molecule has 1 saturated heterocycles. The molecule has 1 fully saturated rings. The highest BCUT2D eigenvalue weighted by Crippen LogP contribution is 2.34. The van der Waals surface area contributed by atoms with Crippen LogP contribution in [0.5, 0.6) is 0 Å². The number of benzene rings is 1. The summed E-state index contributed by atoms with van der Waals surface area (Å²) in [6, 6.07) is 4.90. The minimum absolute atomic E-state index is 0.0244. The summed E-state index contributed by atoms with van der Waals surface area (Å²) < 4.78 is 0. The molecule has 8 heteroatoms. The van der Waals surface area contributed by atoms with Gasteiger partial charge in [0.2, 0.25) is 0 Å². The fourth-order valence-corrected chi connectivity index (χ4v) is 3.38. The lowest BCUT2D eigenvalue weighted by Crippen LogP contribution is -2.47. The molecule has 0 atom stereocenters. The number of nitrogens with zero attached hydrogens (tertiary/aromatic N) is 5. The van der Waals surface area contributed by atoms with Gasteiger partial charge in [0, 0.05) is 44.5 Å². The van der Waals surface area contributed by atoms with Crippen molar-refractivity contribution in [3.63, 3.8) is 0 Å². The first-order valence-electron chi connectivity index (χ1n) is 7.70. The number of nitro benzene ring substituents is 1. The Labute approximate surface area is 145 Å². The van der Waals surface area contributed by atoms with E-state index >= 15 is 0 Å². The van der Waals surface area contributed by atoms with Crippen molar-refractivity contribution >= 4 is 28.8 Å². The van der Waals surface area contributed by atoms with Crippen molar-refractivity contribution in [2.45, 2.75) is 13.8 Å². The molecule has 0 radical (unpaired) electrons. The summed E-state index contributed by atoms with van der Waals surface area (Å²) in [7, 11) is 0. The summed E-state index contributed by atoms with van der Waals surface area (Å²) in [5, 5.41) is 11.4. The Morgan fingerprint density at radius 1 is 1.17 bits per heavy atom. The van der Waals surface area contributed by atoms with Crippen molar-refractivity contribution in [3.05, 3.63) is 50.9 Å². The number of aryl methyl sites for hydroxylation is 2. The van der Waals surface area contributed by atoms with Crippen LogP contribution in [-0.2, 0) is 0 Å². The Bertz CT molecular complexity index is 752. The molecule has 2 heterocycles. The third kappa shape index (κ3) is 3.26. The third-order valence-corrected chi connectivity index (χ3v) is 4.42. The van der Waals surface area contributed by atoms with E-state index in [2.05, 4.69) is 19.8 Å². The number of aromatic nitrogens is 2. The molecule has 3 rings (SSSR count). The molecule has 2 aromatic rings. The Kier molecular flexibility index (Phi) is 4.53. The van der Waals surface area contributed by atoms with E-state index in [0.29, 0.717) is 5.02 Å². The van der Waals surface area contributed by atoms with Gasteiger partial charge >= 0.3 is 0 Å². The van der Waals surface area contributed by atoms with Crippen LogP contribution in [-0.4, -0.2) is 41.1 Å². The average molecular weight is 348 g/mol. The van der Waals surface area contributed by atoms with Crippen molar-refractivity contribution in [1.29, 1.82) is 0 Å². The van der Waals surface area contributed by atoms with Crippen LogP contribution < -0.4 is 9.80 Å². The molecular weight excluding hydrogens is 330 g/mol. The second-order valence-electron chi connectivity index (χ2n) is 5.79. The van der Waals surface area contributed by atoms with Gasteiger partial charge in [-0.3, -0.25) is 10.1 Å². The van der Waals surface area contributed by atoms with Crippen LogP contribution >= 0.6 is 11.6 Å². The van der Waals surface area contributed by atoms with E-state index in [1.54, 1.807) is 12.3 Å². The summed E-state index contributed by atoms with van der Waals surface area (Å²) in [5.74, 6) is 1.68. The van der Waals surface area contributed by atoms with Gasteiger partial charge in [-0.2, -0.15) is 0 Å². The number of hydrogen-bond donors (Lipinski definition) is 0. The van der Waals surface area contributed by atoms with Crippen LogP contribution in [0.1, 0.15) is 11.4 Å². The SMILES string of the molecule is Cc1nccc(N2CCN(c3c(C)cc([N+](=O)[O-])cc3Cl)CC2)n1. The molecule has 1 aliphatic heterocycles. The van der Waals surface area contributed by atoms with E-state index in [-0.39, 0.29) is 5.69 Å². The van der Waals surface area contributed by atoms with Crippen LogP contribution in [0.2, 0.25) is 5.02 Å². The number of non-ortho nitro benzene ring substituents is 1. The normalized spacial score (nSPS) is 14.8. The molecule has 0 aliphatic carbocycles. The molecule has 1 aliphatic rings. The molecule has 0 saturated carbocycles. The number of piperazine rings is 1. The first kappa shape index (κ1) is 16.4. The first-order valence-corrected chi connectivity index (χ1v) is 8.07. The van der Waals surface area contributed by atoms with Gasteiger partial charge in [-0.25, -0.2) is 9.97 Å². The topological polar surface area (TPSA) is 75.4 Å². The standard InChI is InChI=1S/C16H18ClN5O2/c1-11-9-13(22(23)24)10-14(17)16(11)21-7-5-20(6-8-21)15-3-4-18-12(2)19-15/h3-4,9-10H,5-8H2,1-2H3. The van der Waals surface area contributed by atoms with Crippen LogP contribution in [0.4, 0.5) is 17.2 Å². The predicted molar refractivity (Wildman–Crippen MR) is 94.0 cm³/mol. The van der Waals surface area contributed by atoms with Gasteiger partial charge < -0.3 is 9.80 Å². The van der Waals surface area contributed by atoms with Crippen molar-refractivity contribution in [2.24, 2.45) is 0 Å².